The summed E-state index contributed by atoms with van der Waals surface area (Å²) in [6.07, 6.45) is 0.838. The molecule has 2 atom stereocenters. The molecule has 1 aromatic rings. The van der Waals surface area contributed by atoms with Crippen molar-refractivity contribution < 1.29 is 18.9 Å². The van der Waals surface area contributed by atoms with Gasteiger partial charge in [-0.3, -0.25) is 0 Å². The topological polar surface area (TPSA) is 62.9 Å². The van der Waals surface area contributed by atoms with Gasteiger partial charge in [0.05, 0.1) is 25.9 Å². The number of ether oxygens (including phenoxy) is 4. The lowest BCUT2D eigenvalue weighted by atomic mass is 10.1. The lowest BCUT2D eigenvalue weighted by molar-refractivity contribution is -0.160. The molecule has 2 aliphatic heterocycles. The monoisotopic (exact) mass is 265 g/mol. The molecule has 3 rings (SSSR count). The van der Waals surface area contributed by atoms with Gasteiger partial charge in [0.25, 0.3) is 0 Å². The SMILES string of the molecule is CC1(c2ccc3c(c2)OCCCO3)OCC(CN)O1. The van der Waals surface area contributed by atoms with Crippen molar-refractivity contribution in [3.05, 3.63) is 23.8 Å². The van der Waals surface area contributed by atoms with E-state index in [0.717, 1.165) is 23.5 Å². The van der Waals surface area contributed by atoms with E-state index in [1.807, 2.05) is 25.1 Å². The van der Waals surface area contributed by atoms with Crippen molar-refractivity contribution in [3.8, 4) is 11.5 Å². The summed E-state index contributed by atoms with van der Waals surface area (Å²) in [4.78, 5) is 0. The van der Waals surface area contributed by atoms with Gasteiger partial charge >= 0.3 is 0 Å². The fourth-order valence-corrected chi connectivity index (χ4v) is 2.35. The van der Waals surface area contributed by atoms with Gasteiger partial charge in [0.15, 0.2) is 17.3 Å². The highest BCUT2D eigenvalue weighted by Crippen LogP contribution is 2.38. The van der Waals surface area contributed by atoms with Gasteiger partial charge in [-0.15, -0.1) is 0 Å². The fraction of sp³-hybridized carbons (Fsp3) is 0.571. The Morgan fingerprint density at radius 3 is 2.79 bits per heavy atom. The lowest BCUT2D eigenvalue weighted by Gasteiger charge is -2.24. The van der Waals surface area contributed by atoms with Gasteiger partial charge in [-0.05, 0) is 25.1 Å². The predicted molar refractivity (Wildman–Crippen MR) is 69.3 cm³/mol. The standard InChI is InChI=1S/C14H19NO4/c1-14(18-9-11(8-15)19-14)10-3-4-12-13(7-10)17-6-2-5-16-12/h3-4,7,11H,2,5-6,8-9,15H2,1H3. The summed E-state index contributed by atoms with van der Waals surface area (Å²) in [5.41, 5.74) is 6.54. The minimum atomic E-state index is -0.755. The Kier molecular flexibility index (Phi) is 3.35. The van der Waals surface area contributed by atoms with Crippen LogP contribution in [0.2, 0.25) is 0 Å². The van der Waals surface area contributed by atoms with Crippen LogP contribution in [0.15, 0.2) is 18.2 Å². The molecule has 1 saturated heterocycles. The summed E-state index contributed by atoms with van der Waals surface area (Å²) in [5.74, 6) is 0.771. The van der Waals surface area contributed by atoms with Crippen LogP contribution < -0.4 is 15.2 Å². The molecule has 5 nitrogen and oxygen atoms in total. The number of benzene rings is 1. The summed E-state index contributed by atoms with van der Waals surface area (Å²) in [6.45, 7) is 4.23. The van der Waals surface area contributed by atoms with Crippen LogP contribution >= 0.6 is 0 Å². The van der Waals surface area contributed by atoms with Gasteiger partial charge in [-0.2, -0.15) is 0 Å². The van der Waals surface area contributed by atoms with Crippen molar-refractivity contribution in [2.75, 3.05) is 26.4 Å². The number of fused-ring (bicyclic) bond motifs is 1. The minimum Gasteiger partial charge on any atom is -0.490 e. The zero-order chi connectivity index (χ0) is 13.3. The van der Waals surface area contributed by atoms with Crippen LogP contribution in [0.3, 0.4) is 0 Å². The van der Waals surface area contributed by atoms with Crippen LogP contribution in [-0.4, -0.2) is 32.5 Å². The van der Waals surface area contributed by atoms with Gasteiger partial charge < -0.3 is 24.7 Å². The molecule has 0 saturated carbocycles. The second-order valence-corrected chi connectivity index (χ2v) is 4.94. The molecule has 1 aromatic carbocycles. The van der Waals surface area contributed by atoms with E-state index >= 15 is 0 Å². The van der Waals surface area contributed by atoms with Crippen LogP contribution in [-0.2, 0) is 15.3 Å². The lowest BCUT2D eigenvalue weighted by Crippen LogP contribution is -2.27. The average Bonchev–Trinajstić information content (AvgIpc) is 2.68. The van der Waals surface area contributed by atoms with E-state index in [9.17, 15) is 0 Å². The fourth-order valence-electron chi connectivity index (χ4n) is 2.35. The molecule has 0 aliphatic carbocycles. The molecule has 2 unspecified atom stereocenters. The summed E-state index contributed by atoms with van der Waals surface area (Å²) in [7, 11) is 0. The zero-order valence-electron chi connectivity index (χ0n) is 11.1. The van der Waals surface area contributed by atoms with Crippen molar-refractivity contribution >= 4 is 0 Å². The van der Waals surface area contributed by atoms with E-state index in [1.54, 1.807) is 0 Å². The molecule has 0 radical (unpaired) electrons. The van der Waals surface area contributed by atoms with Crippen LogP contribution in [0.5, 0.6) is 11.5 Å². The summed E-state index contributed by atoms with van der Waals surface area (Å²) in [5, 5.41) is 0. The van der Waals surface area contributed by atoms with E-state index in [4.69, 9.17) is 24.7 Å². The minimum absolute atomic E-state index is 0.0546. The molecule has 2 aliphatic rings. The van der Waals surface area contributed by atoms with Crippen molar-refractivity contribution in [2.45, 2.75) is 25.2 Å². The van der Waals surface area contributed by atoms with E-state index < -0.39 is 5.79 Å². The van der Waals surface area contributed by atoms with E-state index in [0.29, 0.717) is 26.4 Å². The first kappa shape index (κ1) is 12.7. The normalized spacial score (nSPS) is 30.1. The Balaban J connectivity index is 1.87. The number of hydrogen-bond acceptors (Lipinski definition) is 5. The molecule has 104 valence electrons. The van der Waals surface area contributed by atoms with Crippen molar-refractivity contribution in [3.63, 3.8) is 0 Å². The number of rotatable bonds is 2. The van der Waals surface area contributed by atoms with E-state index in [2.05, 4.69) is 0 Å². The van der Waals surface area contributed by atoms with Gasteiger partial charge in [0.2, 0.25) is 0 Å². The highest BCUT2D eigenvalue weighted by atomic mass is 16.7. The molecule has 19 heavy (non-hydrogen) atoms. The first-order chi connectivity index (χ1) is 9.21. The smallest absolute Gasteiger partial charge is 0.192 e. The number of hydrogen-bond donors (Lipinski definition) is 1. The highest BCUT2D eigenvalue weighted by Gasteiger charge is 2.38. The molecule has 0 amide bonds. The molecule has 2 N–H and O–H groups in total. The molecule has 0 spiro atoms. The molecule has 0 bridgehead atoms. The summed E-state index contributed by atoms with van der Waals surface area (Å²) >= 11 is 0. The Hall–Kier alpha value is -1.30. The Bertz CT molecular complexity index is 465. The van der Waals surface area contributed by atoms with Crippen molar-refractivity contribution in [2.24, 2.45) is 5.73 Å². The third kappa shape index (κ3) is 2.41. The van der Waals surface area contributed by atoms with E-state index in [-0.39, 0.29) is 6.10 Å². The average molecular weight is 265 g/mol. The first-order valence-electron chi connectivity index (χ1n) is 6.63. The maximum Gasteiger partial charge on any atom is 0.192 e. The Morgan fingerprint density at radius 2 is 2.05 bits per heavy atom. The molecule has 2 heterocycles. The van der Waals surface area contributed by atoms with Crippen molar-refractivity contribution in [1.82, 2.24) is 0 Å². The first-order valence-corrected chi connectivity index (χ1v) is 6.63. The Labute approximate surface area is 112 Å². The van der Waals surface area contributed by atoms with Gasteiger partial charge in [-0.25, -0.2) is 0 Å². The third-order valence-corrected chi connectivity index (χ3v) is 3.47. The second kappa shape index (κ2) is 5.00. The molecular weight excluding hydrogens is 246 g/mol. The Morgan fingerprint density at radius 1 is 1.26 bits per heavy atom. The van der Waals surface area contributed by atoms with Crippen LogP contribution in [0.1, 0.15) is 18.9 Å². The molecule has 1 fully saturated rings. The van der Waals surface area contributed by atoms with Crippen LogP contribution in [0, 0.1) is 0 Å². The second-order valence-electron chi connectivity index (χ2n) is 4.94. The quantitative estimate of drug-likeness (QED) is 0.875. The number of nitrogens with two attached hydrogens (primary N) is 1. The zero-order valence-corrected chi connectivity index (χ0v) is 11.1. The molecule has 0 aromatic heterocycles. The van der Waals surface area contributed by atoms with Gasteiger partial charge in [0.1, 0.15) is 0 Å². The van der Waals surface area contributed by atoms with Crippen molar-refractivity contribution in [1.29, 1.82) is 0 Å². The third-order valence-electron chi connectivity index (χ3n) is 3.47. The van der Waals surface area contributed by atoms with Crippen LogP contribution in [0.25, 0.3) is 0 Å². The van der Waals surface area contributed by atoms with Gasteiger partial charge in [-0.1, -0.05) is 0 Å². The van der Waals surface area contributed by atoms with Gasteiger partial charge in [0, 0.05) is 18.5 Å². The van der Waals surface area contributed by atoms with E-state index in [1.165, 1.54) is 0 Å². The highest BCUT2D eigenvalue weighted by molar-refractivity contribution is 5.44. The predicted octanol–water partition coefficient (Wildman–Crippen LogP) is 1.39. The largest absolute Gasteiger partial charge is 0.490 e. The summed E-state index contributed by atoms with van der Waals surface area (Å²) in [6, 6.07) is 5.79. The maximum atomic E-state index is 5.86. The van der Waals surface area contributed by atoms with Crippen LogP contribution in [0.4, 0.5) is 0 Å². The molecular formula is C14H19NO4. The molecule has 5 heteroatoms. The maximum absolute atomic E-state index is 5.86. The summed E-state index contributed by atoms with van der Waals surface area (Å²) < 4.78 is 22.9.